The first-order valence-electron chi connectivity index (χ1n) is 9.53. The number of halogens is 1. The van der Waals surface area contributed by atoms with Crippen LogP contribution in [0.25, 0.3) is 5.76 Å². The van der Waals surface area contributed by atoms with E-state index in [-0.39, 0.29) is 27.5 Å². The summed E-state index contributed by atoms with van der Waals surface area (Å²) in [7, 11) is 0. The number of rotatable bonds is 1. The van der Waals surface area contributed by atoms with Crippen molar-refractivity contribution in [3.63, 3.8) is 0 Å². The number of aliphatic hydroxyl groups is 4. The molecule has 12 heteroatoms. The number of Topliss-reactive ketones (excluding diaryl/α,β-unsaturated/α-hetero) is 2. The SMILES string of the molecule is CC1c2c(N)c(Cl)c(N)c(O)c2C(O)=C2C(=O)[C@]3(O)C(O)=C(C(N)=O)C(=O)C[C@@H]3C(O)[C@@H]21. The van der Waals surface area contributed by atoms with Crippen molar-refractivity contribution in [1.82, 2.24) is 0 Å². The third kappa shape index (κ3) is 2.35. The number of nitrogen functional groups attached to an aromatic ring is 2. The molecule has 1 fully saturated rings. The summed E-state index contributed by atoms with van der Waals surface area (Å²) in [6.45, 7) is 1.54. The van der Waals surface area contributed by atoms with Gasteiger partial charge in [-0.25, -0.2) is 0 Å². The Hall–Kier alpha value is -3.28. The minimum Gasteiger partial charge on any atom is -0.508 e. The molecule has 11 N–H and O–H groups in total. The van der Waals surface area contributed by atoms with Crippen molar-refractivity contribution in [2.75, 3.05) is 11.5 Å². The molecule has 0 aliphatic heterocycles. The summed E-state index contributed by atoms with van der Waals surface area (Å²) >= 11 is 6.09. The van der Waals surface area contributed by atoms with E-state index < -0.39 is 81.8 Å². The fourth-order valence-corrected chi connectivity index (χ4v) is 5.42. The van der Waals surface area contributed by atoms with Crippen molar-refractivity contribution < 1.29 is 39.9 Å². The first kappa shape index (κ1) is 21.9. The number of ketones is 2. The summed E-state index contributed by atoms with van der Waals surface area (Å²) in [6, 6.07) is 0. The van der Waals surface area contributed by atoms with Crippen LogP contribution in [0.4, 0.5) is 11.4 Å². The summed E-state index contributed by atoms with van der Waals surface area (Å²) in [4.78, 5) is 37.5. The highest BCUT2D eigenvalue weighted by Crippen LogP contribution is 2.58. The quantitative estimate of drug-likeness (QED) is 0.117. The van der Waals surface area contributed by atoms with Gasteiger partial charge < -0.3 is 42.7 Å². The van der Waals surface area contributed by atoms with Crippen molar-refractivity contribution in [2.45, 2.75) is 31.0 Å². The Bertz CT molecular complexity index is 1210. The molecular formula is C20H20ClN3O8. The van der Waals surface area contributed by atoms with E-state index in [1.165, 1.54) is 6.92 Å². The van der Waals surface area contributed by atoms with Crippen LogP contribution in [-0.4, -0.2) is 54.7 Å². The maximum atomic E-state index is 13.5. The molecule has 1 aromatic carbocycles. The van der Waals surface area contributed by atoms with Crippen molar-refractivity contribution in [2.24, 2.45) is 17.6 Å². The predicted molar refractivity (Wildman–Crippen MR) is 111 cm³/mol. The Morgan fingerprint density at radius 2 is 1.75 bits per heavy atom. The van der Waals surface area contributed by atoms with E-state index in [9.17, 15) is 39.9 Å². The average Bonchev–Trinajstić information content (AvgIpc) is 2.72. The zero-order chi connectivity index (χ0) is 24.0. The van der Waals surface area contributed by atoms with Gasteiger partial charge in [-0.15, -0.1) is 0 Å². The van der Waals surface area contributed by atoms with Crippen LogP contribution >= 0.6 is 11.6 Å². The van der Waals surface area contributed by atoms with Crippen LogP contribution in [0.5, 0.6) is 5.75 Å². The number of nitrogens with two attached hydrogens (primary N) is 3. The number of benzene rings is 1. The van der Waals surface area contributed by atoms with Gasteiger partial charge in [0.05, 0.1) is 28.1 Å². The lowest BCUT2D eigenvalue weighted by Crippen LogP contribution is -2.64. The molecule has 170 valence electrons. The molecule has 0 radical (unpaired) electrons. The molecule has 5 atom stereocenters. The Morgan fingerprint density at radius 1 is 1.16 bits per heavy atom. The highest BCUT2D eigenvalue weighted by Gasteiger charge is 2.65. The summed E-state index contributed by atoms with van der Waals surface area (Å²) in [6.07, 6.45) is -2.32. The van der Waals surface area contributed by atoms with Gasteiger partial charge in [-0.2, -0.15) is 0 Å². The lowest BCUT2D eigenvalue weighted by atomic mass is 9.55. The van der Waals surface area contributed by atoms with Gasteiger partial charge >= 0.3 is 0 Å². The summed E-state index contributed by atoms with van der Waals surface area (Å²) in [5.74, 6) is -9.97. The molecule has 11 nitrogen and oxygen atoms in total. The number of phenols is 1. The molecule has 0 bridgehead atoms. The largest absolute Gasteiger partial charge is 0.508 e. The van der Waals surface area contributed by atoms with Gasteiger partial charge in [0.1, 0.15) is 17.1 Å². The third-order valence-electron chi connectivity index (χ3n) is 6.78. The van der Waals surface area contributed by atoms with E-state index in [2.05, 4.69) is 0 Å². The number of hydrogen-bond acceptors (Lipinski definition) is 10. The number of aliphatic hydroxyl groups excluding tert-OH is 3. The van der Waals surface area contributed by atoms with Gasteiger partial charge in [-0.05, 0) is 11.5 Å². The molecule has 1 amide bonds. The minimum absolute atomic E-state index is 0.0889. The molecule has 1 saturated carbocycles. The molecule has 32 heavy (non-hydrogen) atoms. The van der Waals surface area contributed by atoms with Crippen LogP contribution < -0.4 is 17.2 Å². The highest BCUT2D eigenvalue weighted by atomic mass is 35.5. The first-order chi connectivity index (χ1) is 14.8. The Morgan fingerprint density at radius 3 is 2.31 bits per heavy atom. The molecule has 3 aliphatic rings. The normalized spacial score (nSPS) is 31.9. The maximum Gasteiger partial charge on any atom is 0.255 e. The minimum atomic E-state index is -2.91. The van der Waals surface area contributed by atoms with Crippen molar-refractivity contribution in [3.05, 3.63) is 33.1 Å². The third-order valence-corrected chi connectivity index (χ3v) is 7.19. The Kier molecular flexibility index (Phi) is 4.53. The first-order valence-corrected chi connectivity index (χ1v) is 9.90. The van der Waals surface area contributed by atoms with Gasteiger partial charge in [0.25, 0.3) is 5.91 Å². The van der Waals surface area contributed by atoms with Gasteiger partial charge in [0.15, 0.2) is 17.1 Å². The van der Waals surface area contributed by atoms with E-state index in [0.717, 1.165) is 0 Å². The molecule has 1 aromatic rings. The van der Waals surface area contributed by atoms with Crippen LogP contribution in [0.1, 0.15) is 30.4 Å². The van der Waals surface area contributed by atoms with Gasteiger partial charge in [0, 0.05) is 23.8 Å². The van der Waals surface area contributed by atoms with Crippen LogP contribution in [0.3, 0.4) is 0 Å². The predicted octanol–water partition coefficient (Wildman–Crippen LogP) is -0.226. The van der Waals surface area contributed by atoms with Crippen LogP contribution in [0, 0.1) is 11.8 Å². The standard InChI is InChI=1S/C20H20ClN3O8/c1-3-6-9(16(28)13(23)11(21)12(6)22)15(27)10-7(3)14(26)4-2-5(25)8(19(24)31)17(29)20(4,32)18(10)30/h3-4,7,14,26-29,32H,2,22-23H2,1H3,(H2,24,31)/t3?,4-,7-,14?,20-/m1/s1. The monoisotopic (exact) mass is 465 g/mol. The molecule has 3 aliphatic carbocycles. The zero-order valence-electron chi connectivity index (χ0n) is 16.6. The number of phenolic OH excluding ortho intramolecular Hbond substituents is 1. The highest BCUT2D eigenvalue weighted by molar-refractivity contribution is 6.36. The van der Waals surface area contributed by atoms with Crippen LogP contribution in [0.2, 0.25) is 5.02 Å². The maximum absolute atomic E-state index is 13.5. The summed E-state index contributed by atoms with van der Waals surface area (Å²) in [5.41, 5.74) is 11.9. The molecule has 2 unspecified atom stereocenters. The Balaban J connectivity index is 2.07. The van der Waals surface area contributed by atoms with Gasteiger partial charge in [0.2, 0.25) is 5.78 Å². The smallest absolute Gasteiger partial charge is 0.255 e. The molecule has 0 heterocycles. The fourth-order valence-electron chi connectivity index (χ4n) is 5.23. The molecule has 0 spiro atoms. The van der Waals surface area contributed by atoms with Gasteiger partial charge in [-0.3, -0.25) is 14.4 Å². The fraction of sp³-hybridized carbons (Fsp3) is 0.350. The van der Waals surface area contributed by atoms with Crippen LogP contribution in [-0.2, 0) is 14.4 Å². The number of carbonyl (C=O) groups excluding carboxylic acids is 3. The topological polar surface area (TPSA) is 230 Å². The lowest BCUT2D eigenvalue weighted by Gasteiger charge is -2.50. The molecular weight excluding hydrogens is 446 g/mol. The number of fused-ring (bicyclic) bond motifs is 3. The summed E-state index contributed by atoms with van der Waals surface area (Å²) in [5, 5.41) is 54.1. The second kappa shape index (κ2) is 6.61. The van der Waals surface area contributed by atoms with E-state index >= 15 is 0 Å². The number of hydrogen-bond donors (Lipinski definition) is 8. The van der Waals surface area contributed by atoms with E-state index in [4.69, 9.17) is 28.8 Å². The molecule has 4 rings (SSSR count). The number of amides is 1. The number of anilines is 2. The van der Waals surface area contributed by atoms with E-state index in [0.29, 0.717) is 0 Å². The number of aromatic hydroxyl groups is 1. The van der Waals surface area contributed by atoms with Crippen LogP contribution in [0.15, 0.2) is 16.9 Å². The number of primary amides is 1. The number of carbonyl (C=O) groups is 3. The van der Waals surface area contributed by atoms with E-state index in [1.807, 2.05) is 0 Å². The van der Waals surface area contributed by atoms with Crippen molar-refractivity contribution in [3.8, 4) is 5.75 Å². The molecule has 0 aromatic heterocycles. The van der Waals surface area contributed by atoms with E-state index in [1.54, 1.807) is 0 Å². The second-order valence-electron chi connectivity index (χ2n) is 8.26. The second-order valence-corrected chi connectivity index (χ2v) is 8.64. The summed E-state index contributed by atoms with van der Waals surface area (Å²) < 4.78 is 0. The zero-order valence-corrected chi connectivity index (χ0v) is 17.3. The van der Waals surface area contributed by atoms with Crippen molar-refractivity contribution in [1.29, 1.82) is 0 Å². The Labute approximate surface area is 185 Å². The average molecular weight is 466 g/mol. The lowest BCUT2D eigenvalue weighted by molar-refractivity contribution is -0.160. The van der Waals surface area contributed by atoms with Crippen molar-refractivity contribution >= 4 is 46.2 Å². The van der Waals surface area contributed by atoms with Gasteiger partial charge in [-0.1, -0.05) is 18.5 Å². The molecule has 0 saturated heterocycles.